The monoisotopic (exact) mass is 331 g/mol. The highest BCUT2D eigenvalue weighted by Crippen LogP contribution is 2.18. The van der Waals surface area contributed by atoms with Gasteiger partial charge in [0.25, 0.3) is 0 Å². The average molecular weight is 331 g/mol. The van der Waals surface area contributed by atoms with Crippen LogP contribution in [0.3, 0.4) is 0 Å². The summed E-state index contributed by atoms with van der Waals surface area (Å²) in [5, 5.41) is 0. The largest absolute Gasteiger partial charge is 0.298 e. The van der Waals surface area contributed by atoms with Crippen molar-refractivity contribution in [3.8, 4) is 0 Å². The SMILES string of the molecule is C[C@H](CC(=O)CNS(=O)(=O)Cc1ccccc1)c1ccccc1. The number of benzene rings is 2. The van der Waals surface area contributed by atoms with E-state index in [2.05, 4.69) is 4.72 Å². The van der Waals surface area contributed by atoms with E-state index in [1.54, 1.807) is 24.3 Å². The van der Waals surface area contributed by atoms with Crippen molar-refractivity contribution < 1.29 is 13.2 Å². The second-order valence-corrected chi connectivity index (χ2v) is 7.43. The highest BCUT2D eigenvalue weighted by molar-refractivity contribution is 7.88. The van der Waals surface area contributed by atoms with Gasteiger partial charge in [-0.2, -0.15) is 0 Å². The number of ketones is 1. The highest BCUT2D eigenvalue weighted by atomic mass is 32.2. The lowest BCUT2D eigenvalue weighted by molar-refractivity contribution is -0.118. The minimum atomic E-state index is -3.50. The van der Waals surface area contributed by atoms with Crippen molar-refractivity contribution in [2.24, 2.45) is 0 Å². The van der Waals surface area contributed by atoms with Gasteiger partial charge in [-0.3, -0.25) is 4.79 Å². The number of carbonyl (C=O) groups excluding carboxylic acids is 1. The minimum Gasteiger partial charge on any atom is -0.298 e. The van der Waals surface area contributed by atoms with E-state index in [0.717, 1.165) is 5.56 Å². The number of carbonyl (C=O) groups is 1. The number of hydrogen-bond acceptors (Lipinski definition) is 3. The van der Waals surface area contributed by atoms with Gasteiger partial charge in [-0.25, -0.2) is 13.1 Å². The summed E-state index contributed by atoms with van der Waals surface area (Å²) in [7, 11) is -3.50. The zero-order valence-corrected chi connectivity index (χ0v) is 13.9. The number of hydrogen-bond donors (Lipinski definition) is 1. The van der Waals surface area contributed by atoms with E-state index in [4.69, 9.17) is 0 Å². The van der Waals surface area contributed by atoms with E-state index < -0.39 is 10.0 Å². The van der Waals surface area contributed by atoms with Gasteiger partial charge in [-0.05, 0) is 17.0 Å². The van der Waals surface area contributed by atoms with Crippen molar-refractivity contribution in [2.45, 2.75) is 25.0 Å². The van der Waals surface area contributed by atoms with E-state index in [1.807, 2.05) is 43.3 Å². The Labute approximate surface area is 137 Å². The fourth-order valence-corrected chi connectivity index (χ4v) is 3.46. The maximum Gasteiger partial charge on any atom is 0.216 e. The second-order valence-electron chi connectivity index (χ2n) is 5.62. The molecule has 0 unspecified atom stereocenters. The Kier molecular flexibility index (Phi) is 6.07. The topological polar surface area (TPSA) is 63.2 Å². The van der Waals surface area contributed by atoms with Crippen LogP contribution in [0.25, 0.3) is 0 Å². The van der Waals surface area contributed by atoms with Crippen LogP contribution in [0.4, 0.5) is 0 Å². The maximum absolute atomic E-state index is 12.0. The quantitative estimate of drug-likeness (QED) is 0.809. The molecule has 0 heterocycles. The Morgan fingerprint density at radius 2 is 1.57 bits per heavy atom. The van der Waals surface area contributed by atoms with Gasteiger partial charge < -0.3 is 0 Å². The van der Waals surface area contributed by atoms with Gasteiger partial charge in [-0.15, -0.1) is 0 Å². The van der Waals surface area contributed by atoms with Gasteiger partial charge in [-0.1, -0.05) is 67.6 Å². The van der Waals surface area contributed by atoms with Crippen LogP contribution in [0, 0.1) is 0 Å². The Bertz CT molecular complexity index is 727. The maximum atomic E-state index is 12.0. The molecule has 1 N–H and O–H groups in total. The van der Waals surface area contributed by atoms with Crippen molar-refractivity contribution >= 4 is 15.8 Å². The van der Waals surface area contributed by atoms with Crippen LogP contribution in [0.15, 0.2) is 60.7 Å². The molecule has 2 aromatic carbocycles. The normalized spacial score (nSPS) is 12.7. The first-order chi connectivity index (χ1) is 11.0. The Morgan fingerprint density at radius 3 is 2.17 bits per heavy atom. The molecule has 0 radical (unpaired) electrons. The Morgan fingerprint density at radius 1 is 1.00 bits per heavy atom. The van der Waals surface area contributed by atoms with Crippen LogP contribution in [0.2, 0.25) is 0 Å². The summed E-state index contributed by atoms with van der Waals surface area (Å²) in [6.07, 6.45) is 0.317. The first kappa shape index (κ1) is 17.4. The Balaban J connectivity index is 1.84. The summed E-state index contributed by atoms with van der Waals surface area (Å²) < 4.78 is 26.4. The van der Waals surface area contributed by atoms with E-state index in [1.165, 1.54) is 0 Å². The van der Waals surface area contributed by atoms with Gasteiger partial charge >= 0.3 is 0 Å². The molecule has 122 valence electrons. The summed E-state index contributed by atoms with van der Waals surface area (Å²) in [5.41, 5.74) is 1.78. The molecule has 1 atom stereocenters. The highest BCUT2D eigenvalue weighted by Gasteiger charge is 2.15. The summed E-state index contributed by atoms with van der Waals surface area (Å²) in [6, 6.07) is 18.6. The first-order valence-corrected chi connectivity index (χ1v) is 9.19. The van der Waals surface area contributed by atoms with Crippen LogP contribution in [-0.2, 0) is 20.6 Å². The molecule has 4 nitrogen and oxygen atoms in total. The molecule has 23 heavy (non-hydrogen) atoms. The van der Waals surface area contributed by atoms with Crippen molar-refractivity contribution in [3.63, 3.8) is 0 Å². The van der Waals surface area contributed by atoms with Gasteiger partial charge in [0.05, 0.1) is 12.3 Å². The molecule has 2 rings (SSSR count). The molecule has 0 saturated heterocycles. The molecule has 0 saturated carbocycles. The standard InChI is InChI=1S/C18H21NO3S/c1-15(17-10-6-3-7-11-17)12-18(20)13-19-23(21,22)14-16-8-4-2-5-9-16/h2-11,15,19H,12-14H2,1H3/t15-/m1/s1. The van der Waals surface area contributed by atoms with Crippen molar-refractivity contribution in [2.75, 3.05) is 6.54 Å². The number of rotatable bonds is 8. The predicted octanol–water partition coefficient (Wildman–Crippen LogP) is 2.87. The molecule has 0 aliphatic carbocycles. The van der Waals surface area contributed by atoms with Gasteiger partial charge in [0.15, 0.2) is 0 Å². The van der Waals surface area contributed by atoms with Crippen molar-refractivity contribution in [1.82, 2.24) is 4.72 Å². The van der Waals surface area contributed by atoms with Crippen LogP contribution >= 0.6 is 0 Å². The van der Waals surface area contributed by atoms with E-state index >= 15 is 0 Å². The third-order valence-corrected chi connectivity index (χ3v) is 4.89. The molecule has 0 spiro atoms. The van der Waals surface area contributed by atoms with Gasteiger partial charge in [0.2, 0.25) is 10.0 Å². The lowest BCUT2D eigenvalue weighted by Crippen LogP contribution is -2.31. The van der Waals surface area contributed by atoms with E-state index in [-0.39, 0.29) is 24.0 Å². The summed E-state index contributed by atoms with van der Waals surface area (Å²) in [6.45, 7) is 1.80. The first-order valence-electron chi connectivity index (χ1n) is 7.54. The smallest absolute Gasteiger partial charge is 0.216 e. The summed E-state index contributed by atoms with van der Waals surface area (Å²) in [5.74, 6) is -0.157. The lowest BCUT2D eigenvalue weighted by atomic mass is 9.96. The average Bonchev–Trinajstić information content (AvgIpc) is 2.54. The van der Waals surface area contributed by atoms with Crippen LogP contribution < -0.4 is 4.72 Å². The third kappa shape index (κ3) is 5.96. The van der Waals surface area contributed by atoms with Gasteiger partial charge in [0.1, 0.15) is 5.78 Å². The number of sulfonamides is 1. The van der Waals surface area contributed by atoms with E-state index in [0.29, 0.717) is 12.0 Å². The summed E-state index contributed by atoms with van der Waals surface area (Å²) in [4.78, 5) is 12.0. The fourth-order valence-electron chi connectivity index (χ4n) is 2.35. The zero-order chi connectivity index (χ0) is 16.7. The fraction of sp³-hybridized carbons (Fsp3) is 0.278. The molecular formula is C18H21NO3S. The van der Waals surface area contributed by atoms with Gasteiger partial charge in [0, 0.05) is 6.42 Å². The van der Waals surface area contributed by atoms with Crippen molar-refractivity contribution in [1.29, 1.82) is 0 Å². The molecule has 5 heteroatoms. The van der Waals surface area contributed by atoms with Crippen LogP contribution in [-0.4, -0.2) is 20.7 Å². The molecule has 0 aliphatic rings. The molecule has 0 aliphatic heterocycles. The van der Waals surface area contributed by atoms with E-state index in [9.17, 15) is 13.2 Å². The number of Topliss-reactive ketones (excluding diaryl/α,β-unsaturated/α-hetero) is 1. The molecule has 2 aromatic rings. The predicted molar refractivity (Wildman–Crippen MR) is 91.5 cm³/mol. The van der Waals surface area contributed by atoms with Crippen molar-refractivity contribution in [3.05, 3.63) is 71.8 Å². The molecule has 0 amide bonds. The van der Waals surface area contributed by atoms with Crippen LogP contribution in [0.1, 0.15) is 30.4 Å². The van der Waals surface area contributed by atoms with Crippen LogP contribution in [0.5, 0.6) is 0 Å². The lowest BCUT2D eigenvalue weighted by Gasteiger charge is -2.11. The summed E-state index contributed by atoms with van der Waals surface area (Å²) >= 11 is 0. The third-order valence-electron chi connectivity index (χ3n) is 3.59. The zero-order valence-electron chi connectivity index (χ0n) is 13.1. The molecule has 0 fully saturated rings. The minimum absolute atomic E-state index is 0.0716. The molecule has 0 aromatic heterocycles. The number of nitrogens with one attached hydrogen (secondary N) is 1. The second kappa shape index (κ2) is 8.04. The molecular weight excluding hydrogens is 310 g/mol. The molecule has 0 bridgehead atoms. The Hall–Kier alpha value is -1.98.